The molecule has 1 aliphatic heterocycles. The number of hydrogen-bond acceptors (Lipinski definition) is 3. The smallest absolute Gasteiger partial charge is 0.268 e. The monoisotopic (exact) mass is 258 g/mol. The molecule has 0 atom stereocenters. The number of rotatable bonds is 1. The summed E-state index contributed by atoms with van der Waals surface area (Å²) in [4.78, 5) is 15.2. The predicted molar refractivity (Wildman–Crippen MR) is 74.1 cm³/mol. The molecule has 0 radical (unpaired) electrons. The zero-order chi connectivity index (χ0) is 12.4. The van der Waals surface area contributed by atoms with Crippen molar-refractivity contribution in [2.45, 2.75) is 6.54 Å². The van der Waals surface area contributed by atoms with Gasteiger partial charge < -0.3 is 10.2 Å². The van der Waals surface area contributed by atoms with Gasteiger partial charge in [0.15, 0.2) is 0 Å². The van der Waals surface area contributed by atoms with Crippen LogP contribution in [0.25, 0.3) is 0 Å². The molecule has 2 heterocycles. The molecule has 0 spiro atoms. The summed E-state index contributed by atoms with van der Waals surface area (Å²) in [6, 6.07) is 11.9. The third kappa shape index (κ3) is 2.05. The average molecular weight is 258 g/mol. The van der Waals surface area contributed by atoms with Gasteiger partial charge in [-0.25, -0.2) is 0 Å². The second kappa shape index (κ2) is 4.92. The summed E-state index contributed by atoms with van der Waals surface area (Å²) < 4.78 is 0. The predicted octanol–water partition coefficient (Wildman–Crippen LogP) is 2.50. The van der Waals surface area contributed by atoms with E-state index in [9.17, 15) is 4.79 Å². The number of fused-ring (bicyclic) bond motifs is 1. The number of anilines is 1. The van der Waals surface area contributed by atoms with E-state index in [2.05, 4.69) is 11.4 Å². The summed E-state index contributed by atoms with van der Waals surface area (Å²) in [6.07, 6.45) is 0. The second-order valence-electron chi connectivity index (χ2n) is 4.24. The Kier molecular flexibility index (Phi) is 3.13. The van der Waals surface area contributed by atoms with Gasteiger partial charge in [-0.05, 0) is 23.1 Å². The molecule has 1 N–H and O–H groups in total. The maximum Gasteiger partial charge on any atom is 0.268 e. The first-order valence-corrected chi connectivity index (χ1v) is 6.88. The first kappa shape index (κ1) is 11.4. The van der Waals surface area contributed by atoms with Crippen molar-refractivity contribution in [2.75, 3.05) is 18.0 Å². The number of nitrogens with zero attached hydrogens (tertiary/aromatic N) is 1. The molecule has 1 amide bonds. The van der Waals surface area contributed by atoms with Crippen molar-refractivity contribution in [1.82, 2.24) is 5.32 Å². The van der Waals surface area contributed by atoms with Gasteiger partial charge >= 0.3 is 0 Å². The molecular formula is C14H14N2OS. The van der Waals surface area contributed by atoms with Crippen LogP contribution >= 0.6 is 11.3 Å². The van der Waals surface area contributed by atoms with Crippen molar-refractivity contribution in [3.63, 3.8) is 0 Å². The number of thiophene rings is 1. The topological polar surface area (TPSA) is 32.3 Å². The zero-order valence-corrected chi connectivity index (χ0v) is 10.7. The van der Waals surface area contributed by atoms with E-state index in [0.29, 0.717) is 6.54 Å². The van der Waals surface area contributed by atoms with Crippen LogP contribution in [0.2, 0.25) is 0 Å². The van der Waals surface area contributed by atoms with E-state index in [4.69, 9.17) is 0 Å². The van der Waals surface area contributed by atoms with Gasteiger partial charge in [-0.15, -0.1) is 11.3 Å². The lowest BCUT2D eigenvalue weighted by atomic mass is 10.1. The number of carbonyl (C=O) groups is 1. The van der Waals surface area contributed by atoms with Gasteiger partial charge in [0, 0.05) is 25.3 Å². The van der Waals surface area contributed by atoms with E-state index in [1.54, 1.807) is 0 Å². The van der Waals surface area contributed by atoms with Crippen LogP contribution in [0.3, 0.4) is 0 Å². The summed E-state index contributed by atoms with van der Waals surface area (Å²) in [5, 5.41) is 5.28. The molecular weight excluding hydrogens is 244 g/mol. The number of amides is 1. The molecule has 3 nitrogen and oxygen atoms in total. The highest BCUT2D eigenvalue weighted by Gasteiger charge is 2.22. The number of hydrogen-bond donors (Lipinski definition) is 1. The largest absolute Gasteiger partial charge is 0.311 e. The fraction of sp³-hybridized carbons (Fsp3) is 0.214. The third-order valence-electron chi connectivity index (χ3n) is 3.09. The number of benzene rings is 1. The lowest BCUT2D eigenvalue weighted by Crippen LogP contribution is -2.34. The Bertz CT molecular complexity index is 551. The molecule has 3 rings (SSSR count). The van der Waals surface area contributed by atoms with Crippen LogP contribution in [0.1, 0.15) is 15.2 Å². The minimum Gasteiger partial charge on any atom is -0.311 e. The van der Waals surface area contributed by atoms with E-state index in [-0.39, 0.29) is 5.91 Å². The molecule has 1 aliphatic rings. The molecule has 0 fully saturated rings. The van der Waals surface area contributed by atoms with Crippen molar-refractivity contribution in [3.8, 4) is 0 Å². The van der Waals surface area contributed by atoms with Crippen molar-refractivity contribution < 1.29 is 4.79 Å². The first-order valence-electron chi connectivity index (χ1n) is 6.00. The number of carbonyl (C=O) groups excluding carboxylic acids is 1. The SMILES string of the molecule is O=C(c1cccs1)N1CCNCc2ccccc21. The standard InChI is InChI=1S/C14H14N2OS/c17-14(13-6-3-9-18-13)16-8-7-15-10-11-4-1-2-5-12(11)16/h1-6,9,15H,7-8,10H2. The molecule has 0 unspecified atom stereocenters. The molecule has 2 aromatic rings. The molecule has 4 heteroatoms. The molecule has 0 saturated heterocycles. The van der Waals surface area contributed by atoms with Gasteiger partial charge in [-0.1, -0.05) is 24.3 Å². The maximum absolute atomic E-state index is 12.5. The summed E-state index contributed by atoms with van der Waals surface area (Å²) in [5.41, 5.74) is 2.21. The summed E-state index contributed by atoms with van der Waals surface area (Å²) in [7, 11) is 0. The Hall–Kier alpha value is -1.65. The molecule has 0 aliphatic carbocycles. The normalized spacial score (nSPS) is 15.0. The van der Waals surface area contributed by atoms with E-state index in [1.807, 2.05) is 40.6 Å². The van der Waals surface area contributed by atoms with Crippen LogP contribution in [-0.4, -0.2) is 19.0 Å². The van der Waals surface area contributed by atoms with Gasteiger partial charge in [0.1, 0.15) is 0 Å². The van der Waals surface area contributed by atoms with E-state index >= 15 is 0 Å². The van der Waals surface area contributed by atoms with E-state index < -0.39 is 0 Å². The van der Waals surface area contributed by atoms with E-state index in [1.165, 1.54) is 16.9 Å². The highest BCUT2D eigenvalue weighted by atomic mass is 32.1. The summed E-state index contributed by atoms with van der Waals surface area (Å²) in [5.74, 6) is 0.0983. The molecule has 1 aromatic carbocycles. The Labute approximate surface area is 110 Å². The van der Waals surface area contributed by atoms with Crippen molar-refractivity contribution >= 4 is 22.9 Å². The van der Waals surface area contributed by atoms with Crippen LogP contribution in [0, 0.1) is 0 Å². The Morgan fingerprint density at radius 3 is 2.94 bits per heavy atom. The third-order valence-corrected chi connectivity index (χ3v) is 3.95. The fourth-order valence-corrected chi connectivity index (χ4v) is 2.87. The average Bonchev–Trinajstić information content (AvgIpc) is 2.85. The van der Waals surface area contributed by atoms with Crippen molar-refractivity contribution in [2.24, 2.45) is 0 Å². The molecule has 0 bridgehead atoms. The van der Waals surface area contributed by atoms with Gasteiger partial charge in [-0.3, -0.25) is 4.79 Å². The summed E-state index contributed by atoms with van der Waals surface area (Å²) in [6.45, 7) is 2.37. The quantitative estimate of drug-likeness (QED) is 0.852. The number of nitrogens with one attached hydrogen (secondary N) is 1. The molecule has 92 valence electrons. The highest BCUT2D eigenvalue weighted by molar-refractivity contribution is 7.12. The minimum absolute atomic E-state index is 0.0983. The molecule has 18 heavy (non-hydrogen) atoms. The highest BCUT2D eigenvalue weighted by Crippen LogP contribution is 2.24. The van der Waals surface area contributed by atoms with Crippen LogP contribution in [0.15, 0.2) is 41.8 Å². The first-order chi connectivity index (χ1) is 8.86. The Morgan fingerprint density at radius 2 is 2.11 bits per heavy atom. The van der Waals surface area contributed by atoms with Crippen molar-refractivity contribution in [1.29, 1.82) is 0 Å². The minimum atomic E-state index is 0.0983. The molecule has 1 aromatic heterocycles. The molecule has 0 saturated carbocycles. The van der Waals surface area contributed by atoms with Crippen LogP contribution < -0.4 is 10.2 Å². The van der Waals surface area contributed by atoms with E-state index in [0.717, 1.165) is 23.7 Å². The maximum atomic E-state index is 12.5. The van der Waals surface area contributed by atoms with Gasteiger partial charge in [-0.2, -0.15) is 0 Å². The Morgan fingerprint density at radius 1 is 1.22 bits per heavy atom. The lowest BCUT2D eigenvalue weighted by Gasteiger charge is -2.21. The fourth-order valence-electron chi connectivity index (χ4n) is 2.20. The lowest BCUT2D eigenvalue weighted by molar-refractivity contribution is 0.0991. The van der Waals surface area contributed by atoms with Crippen LogP contribution in [0.4, 0.5) is 5.69 Å². The van der Waals surface area contributed by atoms with Crippen LogP contribution in [-0.2, 0) is 6.54 Å². The van der Waals surface area contributed by atoms with Crippen molar-refractivity contribution in [3.05, 3.63) is 52.2 Å². The van der Waals surface area contributed by atoms with Gasteiger partial charge in [0.2, 0.25) is 0 Å². The van der Waals surface area contributed by atoms with Gasteiger partial charge in [0.05, 0.1) is 4.88 Å². The zero-order valence-electron chi connectivity index (χ0n) is 9.93. The van der Waals surface area contributed by atoms with Crippen LogP contribution in [0.5, 0.6) is 0 Å². The Balaban J connectivity index is 1.99. The number of para-hydroxylation sites is 1. The second-order valence-corrected chi connectivity index (χ2v) is 5.19. The van der Waals surface area contributed by atoms with Gasteiger partial charge in [0.25, 0.3) is 5.91 Å². The summed E-state index contributed by atoms with van der Waals surface area (Å²) >= 11 is 1.49.